The van der Waals surface area contributed by atoms with Crippen molar-refractivity contribution in [3.05, 3.63) is 64.7 Å². The van der Waals surface area contributed by atoms with Gasteiger partial charge in [-0.2, -0.15) is 0 Å². The maximum atomic E-state index is 11.1. The number of benzene rings is 2. The Morgan fingerprint density at radius 2 is 1.83 bits per heavy atom. The predicted octanol–water partition coefficient (Wildman–Crippen LogP) is 6.85. The summed E-state index contributed by atoms with van der Waals surface area (Å²) in [6.45, 7) is 10.6. The van der Waals surface area contributed by atoms with Crippen molar-refractivity contribution in [1.29, 1.82) is 0 Å². The lowest BCUT2D eigenvalue weighted by Gasteiger charge is -2.44. The SMILES string of the molecule is Cc1cc(-c2cccc3c(C)c[nH]c23)c(-c2cccs2)c2c1NC(C)(C)C(O)[C@H]2C. The van der Waals surface area contributed by atoms with Gasteiger partial charge in [0.1, 0.15) is 0 Å². The van der Waals surface area contributed by atoms with Crippen LogP contribution in [0.25, 0.3) is 32.5 Å². The second-order valence-corrected chi connectivity index (χ2v) is 10.1. The van der Waals surface area contributed by atoms with E-state index in [0.29, 0.717) is 0 Å². The fraction of sp³-hybridized carbons (Fsp3) is 0.308. The van der Waals surface area contributed by atoms with E-state index in [1.54, 1.807) is 11.3 Å². The molecule has 0 amide bonds. The van der Waals surface area contributed by atoms with E-state index in [1.807, 2.05) is 0 Å². The van der Waals surface area contributed by atoms with Crippen molar-refractivity contribution < 1.29 is 5.11 Å². The van der Waals surface area contributed by atoms with E-state index in [0.717, 1.165) is 0 Å². The molecule has 3 N–H and O–H groups in total. The Morgan fingerprint density at radius 1 is 1.03 bits per heavy atom. The molecule has 154 valence electrons. The molecule has 2 atom stereocenters. The lowest BCUT2D eigenvalue weighted by molar-refractivity contribution is 0.0871. The topological polar surface area (TPSA) is 48.0 Å². The van der Waals surface area contributed by atoms with E-state index in [-0.39, 0.29) is 11.5 Å². The molecule has 4 heteroatoms. The van der Waals surface area contributed by atoms with Crippen molar-refractivity contribution in [2.75, 3.05) is 5.32 Å². The van der Waals surface area contributed by atoms with Crippen LogP contribution in [0.5, 0.6) is 0 Å². The van der Waals surface area contributed by atoms with E-state index in [9.17, 15) is 5.11 Å². The van der Waals surface area contributed by atoms with Crippen LogP contribution in [0.4, 0.5) is 5.69 Å². The Hall–Kier alpha value is -2.56. The lowest BCUT2D eigenvalue weighted by atomic mass is 9.74. The molecule has 30 heavy (non-hydrogen) atoms. The molecular formula is C26H28N2OS. The summed E-state index contributed by atoms with van der Waals surface area (Å²) in [5.41, 5.74) is 9.33. The lowest BCUT2D eigenvalue weighted by Crippen LogP contribution is -2.50. The number of para-hydroxylation sites is 1. The standard InChI is InChI=1S/C26H28N2OS/c1-14-12-19(18-9-6-8-17-15(2)13-27-24(17)18)22(20-10-7-11-30-20)21-16(3)25(29)26(4,5)28-23(14)21/h6-13,16,25,27-29H,1-5H3/t16-,25?/m0/s1. The van der Waals surface area contributed by atoms with Gasteiger partial charge in [-0.25, -0.2) is 0 Å². The van der Waals surface area contributed by atoms with Crippen molar-refractivity contribution >= 4 is 27.9 Å². The van der Waals surface area contributed by atoms with Gasteiger partial charge in [0.25, 0.3) is 0 Å². The quantitative estimate of drug-likeness (QED) is 0.335. The minimum atomic E-state index is -0.470. The van der Waals surface area contributed by atoms with Crippen LogP contribution in [-0.2, 0) is 0 Å². The summed E-state index contributed by atoms with van der Waals surface area (Å²) in [5, 5.41) is 18.2. The van der Waals surface area contributed by atoms with Gasteiger partial charge in [0.05, 0.1) is 17.2 Å². The van der Waals surface area contributed by atoms with Crippen LogP contribution in [-0.4, -0.2) is 21.7 Å². The number of nitrogens with one attached hydrogen (secondary N) is 2. The molecule has 0 spiro atoms. The summed E-state index contributed by atoms with van der Waals surface area (Å²) in [6, 6.07) is 13.1. The highest BCUT2D eigenvalue weighted by Gasteiger charge is 2.41. The summed E-state index contributed by atoms with van der Waals surface area (Å²) < 4.78 is 0. The minimum absolute atomic E-state index is 0.0246. The van der Waals surface area contributed by atoms with Crippen molar-refractivity contribution in [3.63, 3.8) is 0 Å². The zero-order valence-electron chi connectivity index (χ0n) is 18.1. The van der Waals surface area contributed by atoms with E-state index in [1.165, 1.54) is 54.8 Å². The third-order valence-corrected chi connectivity index (χ3v) is 7.55. The molecule has 1 aliphatic heterocycles. The van der Waals surface area contributed by atoms with E-state index < -0.39 is 6.10 Å². The number of aliphatic hydroxyl groups excluding tert-OH is 1. The molecule has 3 nitrogen and oxygen atoms in total. The van der Waals surface area contributed by atoms with Crippen molar-refractivity contribution in [2.45, 2.75) is 52.2 Å². The largest absolute Gasteiger partial charge is 0.390 e. The number of aromatic amines is 1. The maximum Gasteiger partial charge on any atom is 0.0830 e. The van der Waals surface area contributed by atoms with Gasteiger partial charge < -0.3 is 15.4 Å². The summed E-state index contributed by atoms with van der Waals surface area (Å²) in [4.78, 5) is 4.74. The number of fused-ring (bicyclic) bond motifs is 2. The van der Waals surface area contributed by atoms with Crippen LogP contribution in [0.1, 0.15) is 43.4 Å². The zero-order chi connectivity index (χ0) is 21.2. The molecule has 1 aliphatic rings. The number of anilines is 1. The number of aliphatic hydroxyl groups is 1. The molecule has 0 saturated carbocycles. The van der Waals surface area contributed by atoms with Gasteiger partial charge in [-0.15, -0.1) is 11.3 Å². The number of thiophene rings is 1. The summed E-state index contributed by atoms with van der Waals surface area (Å²) in [5.74, 6) is 0.0246. The smallest absolute Gasteiger partial charge is 0.0830 e. The van der Waals surface area contributed by atoms with Gasteiger partial charge in [0.2, 0.25) is 0 Å². The second-order valence-electron chi connectivity index (χ2n) is 9.16. The van der Waals surface area contributed by atoms with E-state index in [4.69, 9.17) is 0 Å². The molecular weight excluding hydrogens is 388 g/mol. The highest BCUT2D eigenvalue weighted by Crippen LogP contribution is 2.50. The number of hydrogen-bond acceptors (Lipinski definition) is 3. The van der Waals surface area contributed by atoms with Gasteiger partial charge in [-0.05, 0) is 67.5 Å². The molecule has 1 unspecified atom stereocenters. The Labute approximate surface area is 181 Å². The van der Waals surface area contributed by atoms with Crippen LogP contribution < -0.4 is 5.32 Å². The predicted molar refractivity (Wildman–Crippen MR) is 129 cm³/mol. The molecule has 0 aliphatic carbocycles. The van der Waals surface area contributed by atoms with Crippen LogP contribution >= 0.6 is 11.3 Å². The highest BCUT2D eigenvalue weighted by atomic mass is 32.1. The molecule has 2 aromatic carbocycles. The molecule has 0 fully saturated rings. The van der Waals surface area contributed by atoms with Crippen molar-refractivity contribution in [1.82, 2.24) is 4.98 Å². The number of aryl methyl sites for hydroxylation is 2. The molecule has 0 radical (unpaired) electrons. The first kappa shape index (κ1) is 19.4. The summed E-state index contributed by atoms with van der Waals surface area (Å²) >= 11 is 1.76. The first-order valence-corrected chi connectivity index (χ1v) is 11.4. The Kier molecular flexibility index (Phi) is 4.35. The van der Waals surface area contributed by atoms with Gasteiger partial charge in [-0.1, -0.05) is 31.2 Å². The summed E-state index contributed by atoms with van der Waals surface area (Å²) in [6.07, 6.45) is 1.61. The maximum absolute atomic E-state index is 11.1. The molecule has 2 aromatic heterocycles. The number of H-pyrrole nitrogens is 1. The average Bonchev–Trinajstić information content (AvgIpc) is 3.37. The fourth-order valence-corrected chi connectivity index (χ4v) is 5.86. The number of aromatic nitrogens is 1. The van der Waals surface area contributed by atoms with Gasteiger partial charge in [-0.3, -0.25) is 0 Å². The molecule has 0 saturated heterocycles. The first-order chi connectivity index (χ1) is 14.3. The third kappa shape index (κ3) is 2.74. The summed E-state index contributed by atoms with van der Waals surface area (Å²) in [7, 11) is 0. The number of rotatable bonds is 2. The van der Waals surface area contributed by atoms with Gasteiger partial charge >= 0.3 is 0 Å². The van der Waals surface area contributed by atoms with Crippen LogP contribution in [0.15, 0.2) is 48.0 Å². The Morgan fingerprint density at radius 3 is 2.57 bits per heavy atom. The molecule has 0 bridgehead atoms. The normalized spacial score (nSPS) is 20.2. The second kappa shape index (κ2) is 6.73. The van der Waals surface area contributed by atoms with Crippen LogP contribution in [0.2, 0.25) is 0 Å². The van der Waals surface area contributed by atoms with Gasteiger partial charge in [0.15, 0.2) is 0 Å². The van der Waals surface area contributed by atoms with Gasteiger partial charge in [0, 0.05) is 39.2 Å². The molecule has 4 aromatic rings. The number of hydrogen-bond donors (Lipinski definition) is 3. The highest BCUT2D eigenvalue weighted by molar-refractivity contribution is 7.13. The molecule has 5 rings (SSSR count). The van der Waals surface area contributed by atoms with Crippen molar-refractivity contribution in [2.24, 2.45) is 0 Å². The third-order valence-electron chi connectivity index (χ3n) is 6.66. The Bertz CT molecular complexity index is 1250. The van der Waals surface area contributed by atoms with Crippen LogP contribution in [0.3, 0.4) is 0 Å². The van der Waals surface area contributed by atoms with E-state index >= 15 is 0 Å². The Balaban J connectivity index is 1.89. The van der Waals surface area contributed by atoms with E-state index in [2.05, 4.69) is 92.9 Å². The minimum Gasteiger partial charge on any atom is -0.390 e. The van der Waals surface area contributed by atoms with Crippen LogP contribution in [0, 0.1) is 13.8 Å². The molecule has 3 heterocycles. The first-order valence-electron chi connectivity index (χ1n) is 10.5. The monoisotopic (exact) mass is 416 g/mol. The van der Waals surface area contributed by atoms with Crippen molar-refractivity contribution in [3.8, 4) is 21.6 Å². The average molecular weight is 417 g/mol. The zero-order valence-corrected chi connectivity index (χ0v) is 18.9. The fourth-order valence-electron chi connectivity index (χ4n) is 5.06.